The molecule has 8 nitrogen and oxygen atoms in total. The molecule has 2 bridgehead atoms. The fourth-order valence-electron chi connectivity index (χ4n) is 7.18. The van der Waals surface area contributed by atoms with E-state index in [1.807, 2.05) is 67.6 Å². The van der Waals surface area contributed by atoms with E-state index in [4.69, 9.17) is 4.74 Å². The number of benzene rings is 2. The zero-order valence-electron chi connectivity index (χ0n) is 23.7. The minimum absolute atomic E-state index is 0.0118. The Labute approximate surface area is 241 Å². The van der Waals surface area contributed by atoms with Gasteiger partial charge in [-0.2, -0.15) is 0 Å². The number of aliphatic hydroxyl groups is 1. The summed E-state index contributed by atoms with van der Waals surface area (Å²) < 4.78 is 6.75. The molecular formula is C33H39N3O5. The number of nitrogens with zero attached hydrogens (tertiary/aromatic N) is 3. The van der Waals surface area contributed by atoms with Crippen LogP contribution in [0.1, 0.15) is 30.9 Å². The smallest absolute Gasteiger partial charge is 0.248 e. The number of amides is 3. The maximum Gasteiger partial charge on any atom is 0.248 e. The van der Waals surface area contributed by atoms with Crippen molar-refractivity contribution in [1.29, 1.82) is 0 Å². The molecule has 2 unspecified atom stereocenters. The van der Waals surface area contributed by atoms with Crippen LogP contribution in [-0.2, 0) is 32.2 Å². The predicted molar refractivity (Wildman–Crippen MR) is 155 cm³/mol. The summed E-state index contributed by atoms with van der Waals surface area (Å²) in [6.45, 7) is 10.6. The van der Waals surface area contributed by atoms with Crippen LogP contribution in [0.2, 0.25) is 0 Å². The summed E-state index contributed by atoms with van der Waals surface area (Å²) >= 11 is 0. The van der Waals surface area contributed by atoms with Gasteiger partial charge in [-0.05, 0) is 30.9 Å². The lowest BCUT2D eigenvalue weighted by Crippen LogP contribution is -2.56. The summed E-state index contributed by atoms with van der Waals surface area (Å²) in [6, 6.07) is 18.4. The second-order valence-electron chi connectivity index (χ2n) is 11.5. The first-order valence-corrected chi connectivity index (χ1v) is 14.3. The van der Waals surface area contributed by atoms with Crippen molar-refractivity contribution >= 4 is 17.7 Å². The van der Waals surface area contributed by atoms with Gasteiger partial charge in [-0.25, -0.2) is 0 Å². The molecule has 41 heavy (non-hydrogen) atoms. The molecule has 1 spiro atoms. The molecule has 1 N–H and O–H groups in total. The van der Waals surface area contributed by atoms with Crippen LogP contribution in [0, 0.1) is 11.8 Å². The van der Waals surface area contributed by atoms with Gasteiger partial charge in [0.1, 0.15) is 11.6 Å². The van der Waals surface area contributed by atoms with E-state index in [2.05, 4.69) is 13.2 Å². The van der Waals surface area contributed by atoms with Gasteiger partial charge >= 0.3 is 0 Å². The van der Waals surface area contributed by atoms with Gasteiger partial charge in [0.15, 0.2) is 0 Å². The van der Waals surface area contributed by atoms with Crippen molar-refractivity contribution in [1.82, 2.24) is 14.7 Å². The normalized spacial score (nSPS) is 27.9. The zero-order chi connectivity index (χ0) is 29.2. The lowest BCUT2D eigenvalue weighted by atomic mass is 9.66. The first-order valence-electron chi connectivity index (χ1n) is 14.3. The molecule has 216 valence electrons. The van der Waals surface area contributed by atoms with E-state index in [0.717, 1.165) is 11.1 Å². The van der Waals surface area contributed by atoms with Gasteiger partial charge in [-0.3, -0.25) is 14.4 Å². The third-order valence-electron chi connectivity index (χ3n) is 8.87. The molecule has 2 aromatic carbocycles. The van der Waals surface area contributed by atoms with E-state index < -0.39 is 29.1 Å². The molecule has 8 heteroatoms. The van der Waals surface area contributed by atoms with Crippen LogP contribution in [-0.4, -0.2) is 81.0 Å². The highest BCUT2D eigenvalue weighted by Gasteiger charge is 2.78. The van der Waals surface area contributed by atoms with E-state index in [1.54, 1.807) is 22.0 Å². The van der Waals surface area contributed by atoms with Crippen LogP contribution in [0.5, 0.6) is 0 Å². The van der Waals surface area contributed by atoms with Crippen molar-refractivity contribution in [2.75, 3.05) is 26.2 Å². The van der Waals surface area contributed by atoms with Gasteiger partial charge in [0, 0.05) is 32.7 Å². The molecule has 5 atom stereocenters. The maximum absolute atomic E-state index is 14.4. The summed E-state index contributed by atoms with van der Waals surface area (Å²) in [7, 11) is 0. The molecule has 3 fully saturated rings. The highest BCUT2D eigenvalue weighted by molar-refractivity contribution is 5.99. The lowest BCUT2D eigenvalue weighted by molar-refractivity contribution is -0.154. The number of rotatable bonds is 12. The second-order valence-corrected chi connectivity index (χ2v) is 11.5. The summed E-state index contributed by atoms with van der Waals surface area (Å²) in [4.78, 5) is 47.7. The van der Waals surface area contributed by atoms with Crippen molar-refractivity contribution < 1.29 is 24.2 Å². The molecule has 0 aromatic heterocycles. The number of hydrogen-bond acceptors (Lipinski definition) is 5. The summed E-state index contributed by atoms with van der Waals surface area (Å²) in [5.41, 5.74) is -0.117. The summed E-state index contributed by atoms with van der Waals surface area (Å²) in [5, 5.41) is 9.94. The number of carbonyl (C=O) groups is 3. The standard InChI is InChI=1S/C33H39N3O5/c1-4-18-34(22-24-12-8-6-9-13-24)29(38)26-27-30(39)36(20-21-37)28(33(27)17-16-32(26,3)41-33)31(40)35(19-5-2)23-25-14-10-7-11-15-25/h4-15,26-28,37H,1-2,16-23H2,3H3/t26-,27+,28?,32+,33?/m1/s1. The van der Waals surface area contributed by atoms with Crippen LogP contribution >= 0.6 is 0 Å². The van der Waals surface area contributed by atoms with Gasteiger partial charge in [0.05, 0.1) is 24.0 Å². The summed E-state index contributed by atoms with van der Waals surface area (Å²) in [6.07, 6.45) is 4.39. The largest absolute Gasteiger partial charge is 0.395 e. The Morgan fingerprint density at radius 2 is 1.49 bits per heavy atom. The van der Waals surface area contributed by atoms with E-state index in [-0.39, 0.29) is 37.4 Å². The van der Waals surface area contributed by atoms with Crippen LogP contribution < -0.4 is 0 Å². The highest BCUT2D eigenvalue weighted by atomic mass is 16.5. The van der Waals surface area contributed by atoms with E-state index in [9.17, 15) is 19.5 Å². The van der Waals surface area contributed by atoms with Gasteiger partial charge in [-0.1, -0.05) is 72.8 Å². The SMILES string of the molecule is C=CCN(Cc1ccccc1)C(=O)C1N(CCO)C(=O)[C@@H]2[C@H](C(=O)N(CC=C)Cc3ccccc3)[C@]3(C)CCC12O3. The number of hydrogen-bond donors (Lipinski definition) is 1. The molecule has 3 amide bonds. The Hall–Kier alpha value is -3.75. The molecule has 5 rings (SSSR count). The first-order chi connectivity index (χ1) is 19.8. The van der Waals surface area contributed by atoms with Gasteiger partial charge in [0.25, 0.3) is 0 Å². The molecule has 3 heterocycles. The van der Waals surface area contributed by atoms with E-state index in [0.29, 0.717) is 32.5 Å². The third-order valence-corrected chi connectivity index (χ3v) is 8.87. The topological polar surface area (TPSA) is 90.4 Å². The molecule has 0 aliphatic carbocycles. The summed E-state index contributed by atoms with van der Waals surface area (Å²) in [5.74, 6) is -2.33. The maximum atomic E-state index is 14.4. The van der Waals surface area contributed by atoms with E-state index in [1.165, 1.54) is 4.90 Å². The first kappa shape index (κ1) is 28.8. The zero-order valence-corrected chi connectivity index (χ0v) is 23.7. The number of ether oxygens (including phenoxy) is 1. The molecular weight excluding hydrogens is 518 g/mol. The average Bonchev–Trinajstić information content (AvgIpc) is 3.54. The number of aliphatic hydroxyl groups excluding tert-OH is 1. The minimum atomic E-state index is -1.15. The predicted octanol–water partition coefficient (Wildman–Crippen LogP) is 3.17. The van der Waals surface area contributed by atoms with E-state index >= 15 is 0 Å². The third kappa shape index (κ3) is 5.00. The van der Waals surface area contributed by atoms with Crippen molar-refractivity contribution in [2.24, 2.45) is 11.8 Å². The number of fused-ring (bicyclic) bond motifs is 1. The monoisotopic (exact) mass is 557 g/mol. The number of β-amino-alcohol motifs (C(OH)–C–C–N with tert-alkyl or cyclic N) is 1. The number of carbonyl (C=O) groups excluding carboxylic acids is 3. The fraction of sp³-hybridized carbons (Fsp3) is 0.424. The Kier molecular flexibility index (Phi) is 8.16. The minimum Gasteiger partial charge on any atom is -0.395 e. The number of likely N-dealkylation sites (tertiary alicyclic amines) is 1. The quantitative estimate of drug-likeness (QED) is 0.405. The Balaban J connectivity index is 1.51. The lowest BCUT2D eigenvalue weighted by Gasteiger charge is -2.37. The van der Waals surface area contributed by atoms with Crippen molar-refractivity contribution in [3.8, 4) is 0 Å². The molecule has 0 saturated carbocycles. The van der Waals surface area contributed by atoms with Crippen LogP contribution in [0.3, 0.4) is 0 Å². The van der Waals surface area contributed by atoms with Gasteiger partial charge in [-0.15, -0.1) is 13.2 Å². The Morgan fingerprint density at radius 1 is 0.951 bits per heavy atom. The van der Waals surface area contributed by atoms with Crippen LogP contribution in [0.4, 0.5) is 0 Å². The second kappa shape index (κ2) is 11.6. The highest BCUT2D eigenvalue weighted by Crippen LogP contribution is 2.63. The van der Waals surface area contributed by atoms with Crippen molar-refractivity contribution in [3.63, 3.8) is 0 Å². The fourth-order valence-corrected chi connectivity index (χ4v) is 7.18. The molecule has 3 saturated heterocycles. The molecule has 3 aliphatic rings. The molecule has 0 radical (unpaired) electrons. The van der Waals surface area contributed by atoms with Crippen LogP contribution in [0.25, 0.3) is 0 Å². The van der Waals surface area contributed by atoms with Crippen molar-refractivity contribution in [3.05, 3.63) is 97.1 Å². The van der Waals surface area contributed by atoms with Gasteiger partial charge < -0.3 is 24.5 Å². The van der Waals surface area contributed by atoms with Gasteiger partial charge in [0.2, 0.25) is 17.7 Å². The van der Waals surface area contributed by atoms with Crippen LogP contribution in [0.15, 0.2) is 86.0 Å². The average molecular weight is 558 g/mol. The molecule has 3 aliphatic heterocycles. The van der Waals surface area contributed by atoms with Crippen molar-refractivity contribution in [2.45, 2.75) is 50.1 Å². The molecule has 2 aromatic rings. The Morgan fingerprint density at radius 3 is 2.00 bits per heavy atom. The Bertz CT molecular complexity index is 1300.